The molecule has 0 spiro atoms. The molecule has 0 aromatic heterocycles. The smallest absolute Gasteiger partial charge is 0.407 e. The molecule has 31 heavy (non-hydrogen) atoms. The number of nitrogens with one attached hydrogen (secondary N) is 3. The molecule has 1 amide bonds. The van der Waals surface area contributed by atoms with Crippen molar-refractivity contribution in [1.82, 2.24) is 16.0 Å². The summed E-state index contributed by atoms with van der Waals surface area (Å²) in [7, 11) is 1.53. The van der Waals surface area contributed by atoms with Crippen molar-refractivity contribution >= 4 is 36.0 Å². The molecule has 0 saturated heterocycles. The zero-order valence-electron chi connectivity index (χ0n) is 19.2. The van der Waals surface area contributed by atoms with Crippen LogP contribution in [-0.4, -0.2) is 48.5 Å². The van der Waals surface area contributed by atoms with Crippen LogP contribution >= 0.6 is 24.0 Å². The van der Waals surface area contributed by atoms with E-state index in [2.05, 4.69) is 20.9 Å². The predicted octanol–water partition coefficient (Wildman–Crippen LogP) is 3.91. The molecule has 176 valence electrons. The molecule has 9 heteroatoms. The number of rotatable bonds is 6. The molecule has 0 unspecified atom stereocenters. The van der Waals surface area contributed by atoms with Crippen LogP contribution in [-0.2, 0) is 11.3 Å². The number of phenolic OH excluding ortho intramolecular Hbond substituents is 1. The number of hydrogen-bond acceptors (Lipinski definition) is 5. The number of hydrogen-bond donors (Lipinski definition) is 4. The maximum absolute atomic E-state index is 12.0. The predicted molar refractivity (Wildman–Crippen MR) is 133 cm³/mol. The second-order valence-electron chi connectivity index (χ2n) is 8.50. The van der Waals surface area contributed by atoms with E-state index in [0.717, 1.165) is 32.2 Å². The van der Waals surface area contributed by atoms with Crippen LogP contribution in [0, 0.1) is 0 Å². The molecule has 1 aromatic rings. The van der Waals surface area contributed by atoms with Gasteiger partial charge in [-0.3, -0.25) is 0 Å². The standard InChI is InChI=1S/C22H36N4O4.HI/c1-6-23-20(24-14-15-8-7-9-18(29-5)19(15)27)25-16-10-12-17(13-11-16)26-21(28)30-22(2,3)4;/h7-9,16-17,27H,6,10-14H2,1-5H3,(H,26,28)(H2,23,24,25);1H. The lowest BCUT2D eigenvalue weighted by Gasteiger charge is -2.31. The number of alkyl carbamates (subject to hydrolysis) is 1. The molecule has 4 N–H and O–H groups in total. The molecule has 0 aliphatic heterocycles. The van der Waals surface area contributed by atoms with Gasteiger partial charge in [-0.05, 0) is 59.4 Å². The summed E-state index contributed by atoms with van der Waals surface area (Å²) in [6.07, 6.45) is 3.26. The van der Waals surface area contributed by atoms with Crippen LogP contribution in [0.2, 0.25) is 0 Å². The van der Waals surface area contributed by atoms with Crippen LogP contribution in [0.5, 0.6) is 11.5 Å². The van der Waals surface area contributed by atoms with Crippen molar-refractivity contribution in [1.29, 1.82) is 0 Å². The zero-order chi connectivity index (χ0) is 22.1. The van der Waals surface area contributed by atoms with Crippen molar-refractivity contribution in [3.63, 3.8) is 0 Å². The van der Waals surface area contributed by atoms with Gasteiger partial charge >= 0.3 is 6.09 Å². The highest BCUT2D eigenvalue weighted by Crippen LogP contribution is 2.29. The molecule has 1 saturated carbocycles. The average Bonchev–Trinajstić information content (AvgIpc) is 2.67. The van der Waals surface area contributed by atoms with E-state index in [-0.39, 0.29) is 47.9 Å². The molecule has 0 radical (unpaired) electrons. The van der Waals surface area contributed by atoms with Crippen LogP contribution in [0.15, 0.2) is 23.2 Å². The highest BCUT2D eigenvalue weighted by molar-refractivity contribution is 14.0. The molecule has 1 aromatic carbocycles. The molecule has 0 atom stereocenters. The number of methoxy groups -OCH3 is 1. The molecule has 2 rings (SSSR count). The normalized spacial score (nSPS) is 19.1. The van der Waals surface area contributed by atoms with Gasteiger partial charge in [-0.15, -0.1) is 24.0 Å². The number of aliphatic imine (C=N–C) groups is 1. The zero-order valence-corrected chi connectivity index (χ0v) is 21.5. The summed E-state index contributed by atoms with van der Waals surface area (Å²) in [5, 5.41) is 19.9. The van der Waals surface area contributed by atoms with Gasteiger partial charge in [0.1, 0.15) is 5.60 Å². The number of halogens is 1. The molecule has 0 bridgehead atoms. The highest BCUT2D eigenvalue weighted by Gasteiger charge is 2.25. The first-order valence-electron chi connectivity index (χ1n) is 10.6. The number of guanidine groups is 1. The minimum absolute atomic E-state index is 0. The summed E-state index contributed by atoms with van der Waals surface area (Å²) in [6, 6.07) is 5.79. The summed E-state index contributed by atoms with van der Waals surface area (Å²) < 4.78 is 10.5. The topological polar surface area (TPSA) is 104 Å². The molecule has 1 fully saturated rings. The van der Waals surface area contributed by atoms with E-state index in [4.69, 9.17) is 9.47 Å². The number of carbonyl (C=O) groups excluding carboxylic acids is 1. The van der Waals surface area contributed by atoms with Crippen LogP contribution < -0.4 is 20.7 Å². The van der Waals surface area contributed by atoms with Crippen LogP contribution in [0.3, 0.4) is 0 Å². The number of para-hydroxylation sites is 1. The first-order chi connectivity index (χ1) is 14.2. The maximum atomic E-state index is 12.0. The monoisotopic (exact) mass is 548 g/mol. The second-order valence-corrected chi connectivity index (χ2v) is 8.50. The third kappa shape index (κ3) is 9.40. The summed E-state index contributed by atoms with van der Waals surface area (Å²) in [4.78, 5) is 16.6. The molecular formula is C22H37IN4O4. The largest absolute Gasteiger partial charge is 0.504 e. The number of benzene rings is 1. The van der Waals surface area contributed by atoms with E-state index in [9.17, 15) is 9.90 Å². The number of nitrogens with zero attached hydrogens (tertiary/aromatic N) is 1. The number of ether oxygens (including phenoxy) is 2. The third-order valence-corrected chi connectivity index (χ3v) is 4.84. The lowest BCUT2D eigenvalue weighted by molar-refractivity contribution is 0.0490. The Morgan fingerprint density at radius 3 is 2.32 bits per heavy atom. The van der Waals surface area contributed by atoms with Crippen LogP contribution in [0.25, 0.3) is 0 Å². The van der Waals surface area contributed by atoms with Gasteiger partial charge in [-0.25, -0.2) is 9.79 Å². The summed E-state index contributed by atoms with van der Waals surface area (Å²) in [5.41, 5.74) is 0.217. The summed E-state index contributed by atoms with van der Waals surface area (Å²) >= 11 is 0. The molecule has 1 aliphatic carbocycles. The third-order valence-electron chi connectivity index (χ3n) is 4.84. The maximum Gasteiger partial charge on any atom is 0.407 e. The van der Waals surface area contributed by atoms with E-state index in [1.165, 1.54) is 7.11 Å². The van der Waals surface area contributed by atoms with Gasteiger partial charge < -0.3 is 30.5 Å². The van der Waals surface area contributed by atoms with Gasteiger partial charge in [0.25, 0.3) is 0 Å². The van der Waals surface area contributed by atoms with Gasteiger partial charge in [-0.2, -0.15) is 0 Å². The van der Waals surface area contributed by atoms with Gasteiger partial charge in [0.05, 0.1) is 13.7 Å². The van der Waals surface area contributed by atoms with Crippen molar-refractivity contribution in [2.24, 2.45) is 4.99 Å². The fourth-order valence-electron chi connectivity index (χ4n) is 3.39. The minimum Gasteiger partial charge on any atom is -0.504 e. The fourth-order valence-corrected chi connectivity index (χ4v) is 3.39. The van der Waals surface area contributed by atoms with Crippen LogP contribution in [0.1, 0.15) is 58.9 Å². The van der Waals surface area contributed by atoms with E-state index >= 15 is 0 Å². The van der Waals surface area contributed by atoms with E-state index in [1.54, 1.807) is 6.07 Å². The minimum atomic E-state index is -0.489. The van der Waals surface area contributed by atoms with Crippen molar-refractivity contribution in [2.75, 3.05) is 13.7 Å². The van der Waals surface area contributed by atoms with Crippen molar-refractivity contribution in [2.45, 2.75) is 77.6 Å². The Kier molecular flexibility index (Phi) is 11.2. The summed E-state index contributed by atoms with van der Waals surface area (Å²) in [6.45, 7) is 8.68. The number of carbonyl (C=O) groups is 1. The Balaban J connectivity index is 0.00000480. The molecule has 0 heterocycles. The lowest BCUT2D eigenvalue weighted by Crippen LogP contribution is -2.48. The highest BCUT2D eigenvalue weighted by atomic mass is 127. The number of phenols is 1. The Labute approximate surface area is 202 Å². The Bertz CT molecular complexity index is 729. The molecule has 1 aliphatic rings. The number of aromatic hydroxyl groups is 1. The van der Waals surface area contributed by atoms with E-state index < -0.39 is 5.60 Å². The Hall–Kier alpha value is -1.91. The molecule has 8 nitrogen and oxygen atoms in total. The van der Waals surface area contributed by atoms with Crippen molar-refractivity contribution in [3.8, 4) is 11.5 Å². The van der Waals surface area contributed by atoms with Gasteiger partial charge in [0.2, 0.25) is 0 Å². The van der Waals surface area contributed by atoms with Gasteiger partial charge in [0, 0.05) is 24.2 Å². The Morgan fingerprint density at radius 1 is 1.16 bits per heavy atom. The quantitative estimate of drug-likeness (QED) is 0.244. The van der Waals surface area contributed by atoms with E-state index in [1.807, 2.05) is 39.8 Å². The van der Waals surface area contributed by atoms with Crippen molar-refractivity contribution < 1.29 is 19.4 Å². The van der Waals surface area contributed by atoms with E-state index in [0.29, 0.717) is 23.8 Å². The fraction of sp³-hybridized carbons (Fsp3) is 0.636. The first kappa shape index (κ1) is 27.1. The van der Waals surface area contributed by atoms with Crippen molar-refractivity contribution in [3.05, 3.63) is 23.8 Å². The number of amides is 1. The van der Waals surface area contributed by atoms with Gasteiger partial charge in [-0.1, -0.05) is 12.1 Å². The molecular weight excluding hydrogens is 511 g/mol. The first-order valence-corrected chi connectivity index (χ1v) is 10.6. The lowest BCUT2D eigenvalue weighted by atomic mass is 9.91. The van der Waals surface area contributed by atoms with Crippen LogP contribution in [0.4, 0.5) is 4.79 Å². The summed E-state index contributed by atoms with van der Waals surface area (Å²) in [5.74, 6) is 1.27. The van der Waals surface area contributed by atoms with Gasteiger partial charge in [0.15, 0.2) is 17.5 Å². The Morgan fingerprint density at radius 2 is 1.77 bits per heavy atom. The SMILES string of the molecule is CCNC(=NCc1cccc(OC)c1O)NC1CCC(NC(=O)OC(C)(C)C)CC1.I. The second kappa shape index (κ2) is 12.8. The average molecular weight is 548 g/mol.